The van der Waals surface area contributed by atoms with E-state index in [1.165, 1.54) is 9.58 Å². The molecule has 0 aliphatic carbocycles. The first-order chi connectivity index (χ1) is 13.5. The number of aromatic nitrogens is 2. The molecule has 1 heterocycles. The van der Waals surface area contributed by atoms with Crippen LogP contribution in [0.1, 0.15) is 11.6 Å². The van der Waals surface area contributed by atoms with Gasteiger partial charge in [0.15, 0.2) is 0 Å². The number of benzene rings is 2. The number of para-hydroxylation sites is 2. The van der Waals surface area contributed by atoms with E-state index in [9.17, 15) is 4.79 Å². The molecule has 0 bridgehead atoms. The van der Waals surface area contributed by atoms with Crippen molar-refractivity contribution in [2.24, 2.45) is 0 Å². The first kappa shape index (κ1) is 19.9. The third-order valence-electron chi connectivity index (χ3n) is 4.63. The number of likely N-dealkylation sites (N-methyl/N-ethyl adjacent to an activating group) is 1. The van der Waals surface area contributed by atoms with Gasteiger partial charge < -0.3 is 15.0 Å². The standard InChI is InChI=1S/C21H23ClN4O2/c1-25(2)18(16-11-7-8-12-19(16)28-3)14-23-17-13-24-26(21(27)20(17)22)15-9-5-4-6-10-15/h4-13,18,23H,14H2,1-3H3/p+1/t18-/m0/s1. The zero-order chi connectivity index (χ0) is 20.1. The van der Waals surface area contributed by atoms with Crippen molar-refractivity contribution < 1.29 is 9.64 Å². The number of quaternary nitrogens is 1. The number of halogens is 1. The van der Waals surface area contributed by atoms with Gasteiger partial charge in [0.2, 0.25) is 0 Å². The number of hydrogen-bond acceptors (Lipinski definition) is 4. The van der Waals surface area contributed by atoms with Crippen molar-refractivity contribution >= 4 is 17.3 Å². The van der Waals surface area contributed by atoms with Crippen LogP contribution < -0.4 is 20.5 Å². The zero-order valence-electron chi connectivity index (χ0n) is 16.1. The fourth-order valence-corrected chi connectivity index (χ4v) is 3.30. The Balaban J connectivity index is 1.85. The molecular formula is C21H24ClN4O2+. The second-order valence-electron chi connectivity index (χ2n) is 6.68. The Bertz CT molecular complexity index is 989. The van der Waals surface area contributed by atoms with E-state index in [1.54, 1.807) is 13.3 Å². The minimum absolute atomic E-state index is 0.101. The van der Waals surface area contributed by atoms with Crippen LogP contribution in [0.2, 0.25) is 5.02 Å². The summed E-state index contributed by atoms with van der Waals surface area (Å²) in [5.74, 6) is 0.833. The predicted molar refractivity (Wildman–Crippen MR) is 112 cm³/mol. The van der Waals surface area contributed by atoms with E-state index in [4.69, 9.17) is 16.3 Å². The molecule has 0 radical (unpaired) electrons. The van der Waals surface area contributed by atoms with Crippen LogP contribution in [0.5, 0.6) is 5.75 Å². The molecule has 3 aromatic rings. The van der Waals surface area contributed by atoms with Crippen LogP contribution >= 0.6 is 11.6 Å². The van der Waals surface area contributed by atoms with E-state index in [0.29, 0.717) is 17.9 Å². The van der Waals surface area contributed by atoms with Crippen LogP contribution in [0.4, 0.5) is 5.69 Å². The molecule has 0 saturated carbocycles. The summed E-state index contributed by atoms with van der Waals surface area (Å²) in [6.07, 6.45) is 1.58. The number of rotatable bonds is 7. The number of ether oxygens (including phenoxy) is 1. The molecule has 0 amide bonds. The summed E-state index contributed by atoms with van der Waals surface area (Å²) in [6.45, 7) is 0.568. The molecule has 7 heteroatoms. The van der Waals surface area contributed by atoms with Crippen LogP contribution in [0, 0.1) is 0 Å². The Morgan fingerprint density at radius 1 is 1.14 bits per heavy atom. The third kappa shape index (κ3) is 4.18. The number of anilines is 1. The lowest BCUT2D eigenvalue weighted by atomic mass is 10.0. The number of methoxy groups -OCH3 is 1. The minimum Gasteiger partial charge on any atom is -0.496 e. The molecule has 0 spiro atoms. The number of nitrogens with zero attached hydrogens (tertiary/aromatic N) is 2. The summed E-state index contributed by atoms with van der Waals surface area (Å²) in [5, 5.41) is 7.66. The molecule has 2 aromatic carbocycles. The predicted octanol–water partition coefficient (Wildman–Crippen LogP) is 2.19. The van der Waals surface area contributed by atoms with E-state index in [-0.39, 0.29) is 16.6 Å². The summed E-state index contributed by atoms with van der Waals surface area (Å²) in [5.41, 5.74) is 1.91. The molecule has 3 rings (SSSR count). The molecule has 1 aromatic heterocycles. The molecule has 2 N–H and O–H groups in total. The van der Waals surface area contributed by atoms with Crippen LogP contribution in [0.3, 0.4) is 0 Å². The smallest absolute Gasteiger partial charge is 0.292 e. The van der Waals surface area contributed by atoms with E-state index in [0.717, 1.165) is 11.3 Å². The quantitative estimate of drug-likeness (QED) is 0.639. The highest BCUT2D eigenvalue weighted by atomic mass is 35.5. The number of hydrogen-bond donors (Lipinski definition) is 2. The molecule has 6 nitrogen and oxygen atoms in total. The fraction of sp³-hybridized carbons (Fsp3) is 0.238. The highest BCUT2D eigenvalue weighted by molar-refractivity contribution is 6.32. The summed E-state index contributed by atoms with van der Waals surface area (Å²) < 4.78 is 6.80. The topological polar surface area (TPSA) is 60.6 Å². The maximum Gasteiger partial charge on any atom is 0.292 e. The summed E-state index contributed by atoms with van der Waals surface area (Å²) in [6, 6.07) is 17.2. The normalized spacial score (nSPS) is 12.0. The van der Waals surface area contributed by atoms with Gasteiger partial charge in [-0.1, -0.05) is 41.9 Å². The van der Waals surface area contributed by atoms with Gasteiger partial charge in [-0.3, -0.25) is 4.79 Å². The van der Waals surface area contributed by atoms with Gasteiger partial charge in [-0.05, 0) is 24.3 Å². The van der Waals surface area contributed by atoms with Gasteiger partial charge in [0, 0.05) is 0 Å². The van der Waals surface area contributed by atoms with Crippen LogP contribution in [0.15, 0.2) is 65.6 Å². The Labute approximate surface area is 169 Å². The van der Waals surface area contributed by atoms with E-state index in [1.807, 2.05) is 54.6 Å². The Morgan fingerprint density at radius 2 is 1.82 bits per heavy atom. The van der Waals surface area contributed by atoms with Crippen molar-refractivity contribution in [3.63, 3.8) is 0 Å². The minimum atomic E-state index is -0.357. The second-order valence-corrected chi connectivity index (χ2v) is 7.06. The molecule has 0 unspecified atom stereocenters. The van der Waals surface area contributed by atoms with Gasteiger partial charge in [-0.25, -0.2) is 0 Å². The largest absolute Gasteiger partial charge is 0.496 e. The molecule has 0 fully saturated rings. The summed E-state index contributed by atoms with van der Waals surface area (Å²) in [7, 11) is 5.82. The Kier molecular flexibility index (Phi) is 6.34. The van der Waals surface area contributed by atoms with Crippen molar-refractivity contribution in [2.75, 3.05) is 33.1 Å². The van der Waals surface area contributed by atoms with Crippen LogP contribution in [0.25, 0.3) is 5.69 Å². The van der Waals surface area contributed by atoms with Gasteiger partial charge in [0.1, 0.15) is 16.8 Å². The monoisotopic (exact) mass is 399 g/mol. The lowest BCUT2D eigenvalue weighted by molar-refractivity contribution is -0.890. The SMILES string of the molecule is COc1ccccc1[C@H](CNc1cnn(-c2ccccc2)c(=O)c1Cl)[NH+](C)C. The van der Waals surface area contributed by atoms with E-state index < -0.39 is 0 Å². The molecule has 146 valence electrons. The van der Waals surface area contributed by atoms with Crippen molar-refractivity contribution in [1.29, 1.82) is 0 Å². The van der Waals surface area contributed by atoms with Gasteiger partial charge >= 0.3 is 0 Å². The first-order valence-corrected chi connectivity index (χ1v) is 9.40. The molecule has 28 heavy (non-hydrogen) atoms. The van der Waals surface area contributed by atoms with E-state index >= 15 is 0 Å². The molecule has 0 aliphatic heterocycles. The number of nitrogens with one attached hydrogen (secondary N) is 2. The molecule has 1 atom stereocenters. The van der Waals surface area contributed by atoms with Gasteiger partial charge in [-0.15, -0.1) is 0 Å². The summed E-state index contributed by atoms with van der Waals surface area (Å²) in [4.78, 5) is 13.9. The summed E-state index contributed by atoms with van der Waals surface area (Å²) >= 11 is 6.35. The lowest BCUT2D eigenvalue weighted by Crippen LogP contribution is -3.06. The lowest BCUT2D eigenvalue weighted by Gasteiger charge is -2.24. The Hall–Kier alpha value is -2.83. The zero-order valence-corrected chi connectivity index (χ0v) is 16.9. The van der Waals surface area contributed by atoms with Gasteiger partial charge in [0.05, 0.1) is 50.9 Å². The highest BCUT2D eigenvalue weighted by Crippen LogP contribution is 2.24. The average Bonchev–Trinajstić information content (AvgIpc) is 2.72. The fourth-order valence-electron chi connectivity index (χ4n) is 3.10. The second kappa shape index (κ2) is 8.91. The van der Waals surface area contributed by atoms with Gasteiger partial charge in [-0.2, -0.15) is 9.78 Å². The molecule has 0 saturated heterocycles. The van der Waals surface area contributed by atoms with Crippen LogP contribution in [-0.2, 0) is 0 Å². The maximum absolute atomic E-state index is 12.6. The maximum atomic E-state index is 12.6. The van der Waals surface area contributed by atoms with E-state index in [2.05, 4.69) is 24.5 Å². The Morgan fingerprint density at radius 3 is 2.50 bits per heavy atom. The average molecular weight is 400 g/mol. The first-order valence-electron chi connectivity index (χ1n) is 9.03. The van der Waals surface area contributed by atoms with Crippen molar-refractivity contribution in [2.45, 2.75) is 6.04 Å². The van der Waals surface area contributed by atoms with Gasteiger partial charge in [0.25, 0.3) is 5.56 Å². The highest BCUT2D eigenvalue weighted by Gasteiger charge is 2.22. The van der Waals surface area contributed by atoms with Crippen molar-refractivity contribution in [3.8, 4) is 11.4 Å². The molecule has 0 aliphatic rings. The third-order valence-corrected chi connectivity index (χ3v) is 4.99. The van der Waals surface area contributed by atoms with Crippen molar-refractivity contribution in [3.05, 3.63) is 81.7 Å². The molecular weight excluding hydrogens is 376 g/mol. The van der Waals surface area contributed by atoms with Crippen molar-refractivity contribution in [1.82, 2.24) is 9.78 Å². The van der Waals surface area contributed by atoms with Crippen LogP contribution in [-0.4, -0.2) is 37.5 Å².